The predicted octanol–water partition coefficient (Wildman–Crippen LogP) is 2.33. The third kappa shape index (κ3) is 3.47. The number of benzene rings is 1. The second-order valence-electron chi connectivity index (χ2n) is 5.18. The van der Waals surface area contributed by atoms with E-state index in [0.717, 1.165) is 30.7 Å². The van der Waals surface area contributed by atoms with Crippen LogP contribution in [0.2, 0.25) is 0 Å². The van der Waals surface area contributed by atoms with Gasteiger partial charge in [-0.2, -0.15) is 0 Å². The second-order valence-corrected chi connectivity index (χ2v) is 5.18. The summed E-state index contributed by atoms with van der Waals surface area (Å²) in [6.45, 7) is 4.78. The highest BCUT2D eigenvalue weighted by Gasteiger charge is 2.22. The molecule has 104 valence electrons. The molecule has 1 aliphatic rings. The van der Waals surface area contributed by atoms with Crippen molar-refractivity contribution in [3.63, 3.8) is 0 Å². The Kier molecular flexibility index (Phi) is 4.43. The van der Waals surface area contributed by atoms with E-state index >= 15 is 0 Å². The number of carbonyl (C=O) groups excluding carboxylic acids is 1. The van der Waals surface area contributed by atoms with Crippen LogP contribution in [0.3, 0.4) is 0 Å². The Morgan fingerprint density at radius 2 is 2.21 bits per heavy atom. The Bertz CT molecular complexity index is 459. The Labute approximate surface area is 114 Å². The zero-order valence-corrected chi connectivity index (χ0v) is 11.8. The molecule has 0 radical (unpaired) electrons. The number of rotatable bonds is 3. The van der Waals surface area contributed by atoms with E-state index < -0.39 is 0 Å². The smallest absolute Gasteiger partial charge is 0.253 e. The summed E-state index contributed by atoms with van der Waals surface area (Å²) in [5, 5.41) is 6.18. The van der Waals surface area contributed by atoms with Crippen molar-refractivity contribution >= 4 is 11.6 Å². The van der Waals surface area contributed by atoms with Crippen LogP contribution in [0.4, 0.5) is 5.69 Å². The molecule has 0 aromatic heterocycles. The zero-order valence-electron chi connectivity index (χ0n) is 11.8. The van der Waals surface area contributed by atoms with Crippen LogP contribution in [0, 0.1) is 6.92 Å². The summed E-state index contributed by atoms with van der Waals surface area (Å²) >= 11 is 0. The molecular weight excluding hydrogens is 240 g/mol. The van der Waals surface area contributed by atoms with Gasteiger partial charge in [0, 0.05) is 25.4 Å². The molecule has 0 spiro atoms. The van der Waals surface area contributed by atoms with Crippen molar-refractivity contribution in [2.24, 2.45) is 0 Å². The van der Waals surface area contributed by atoms with Crippen molar-refractivity contribution in [1.29, 1.82) is 0 Å². The maximum absolute atomic E-state index is 12.3. The van der Waals surface area contributed by atoms with Crippen LogP contribution in [0.15, 0.2) is 18.2 Å². The van der Waals surface area contributed by atoms with Crippen molar-refractivity contribution in [2.75, 3.05) is 19.0 Å². The molecule has 19 heavy (non-hydrogen) atoms. The van der Waals surface area contributed by atoms with Gasteiger partial charge >= 0.3 is 0 Å². The van der Waals surface area contributed by atoms with E-state index in [4.69, 9.17) is 4.74 Å². The summed E-state index contributed by atoms with van der Waals surface area (Å²) in [6, 6.07) is 6.03. The number of carbonyl (C=O) groups is 1. The van der Waals surface area contributed by atoms with Crippen molar-refractivity contribution in [1.82, 2.24) is 5.32 Å². The maximum atomic E-state index is 12.3. The minimum Gasteiger partial charge on any atom is -0.387 e. The molecule has 1 heterocycles. The lowest BCUT2D eigenvalue weighted by Gasteiger charge is -2.28. The van der Waals surface area contributed by atoms with Crippen LogP contribution < -0.4 is 10.6 Å². The van der Waals surface area contributed by atoms with Gasteiger partial charge in [-0.1, -0.05) is 6.07 Å². The molecule has 0 aliphatic carbocycles. The number of hydrogen-bond donors (Lipinski definition) is 2. The number of ether oxygens (including phenoxy) is 1. The van der Waals surface area contributed by atoms with Gasteiger partial charge in [-0.25, -0.2) is 0 Å². The highest BCUT2D eigenvalue weighted by molar-refractivity contribution is 5.99. The van der Waals surface area contributed by atoms with E-state index in [1.807, 2.05) is 39.1 Å². The minimum atomic E-state index is -0.0107. The molecule has 2 rings (SSSR count). The van der Waals surface area contributed by atoms with E-state index in [0.29, 0.717) is 5.56 Å². The van der Waals surface area contributed by atoms with Gasteiger partial charge in [0.1, 0.15) is 0 Å². The fourth-order valence-electron chi connectivity index (χ4n) is 2.46. The zero-order chi connectivity index (χ0) is 13.8. The molecule has 1 fully saturated rings. The Hall–Kier alpha value is -1.55. The summed E-state index contributed by atoms with van der Waals surface area (Å²) in [4.78, 5) is 12.3. The largest absolute Gasteiger partial charge is 0.387 e. The molecular formula is C15H22N2O2. The van der Waals surface area contributed by atoms with Gasteiger partial charge in [0.05, 0.1) is 11.7 Å². The van der Waals surface area contributed by atoms with Gasteiger partial charge in [0.25, 0.3) is 5.91 Å². The first-order valence-corrected chi connectivity index (χ1v) is 6.81. The minimum absolute atomic E-state index is 0.0107. The van der Waals surface area contributed by atoms with Gasteiger partial charge in [-0.3, -0.25) is 4.79 Å². The summed E-state index contributed by atoms with van der Waals surface area (Å²) in [5.41, 5.74) is 2.71. The van der Waals surface area contributed by atoms with Crippen molar-refractivity contribution in [3.8, 4) is 0 Å². The first-order valence-electron chi connectivity index (χ1n) is 6.81. The molecule has 4 nitrogen and oxygen atoms in total. The average molecular weight is 262 g/mol. The first-order chi connectivity index (χ1) is 9.10. The highest BCUT2D eigenvalue weighted by Crippen LogP contribution is 2.19. The van der Waals surface area contributed by atoms with Crippen molar-refractivity contribution in [2.45, 2.75) is 38.8 Å². The van der Waals surface area contributed by atoms with Gasteiger partial charge in [-0.15, -0.1) is 0 Å². The number of amides is 1. The summed E-state index contributed by atoms with van der Waals surface area (Å²) in [6.07, 6.45) is 1.99. The third-order valence-corrected chi connectivity index (χ3v) is 3.51. The molecule has 1 saturated heterocycles. The highest BCUT2D eigenvalue weighted by atomic mass is 16.5. The lowest BCUT2D eigenvalue weighted by Crippen LogP contribution is -2.41. The summed E-state index contributed by atoms with van der Waals surface area (Å²) < 4.78 is 5.49. The SMILES string of the molecule is CNc1cc(C)ccc1C(=O)NC1CCOC(C)C1. The summed E-state index contributed by atoms with van der Waals surface area (Å²) in [5.74, 6) is -0.0107. The van der Waals surface area contributed by atoms with Gasteiger partial charge in [0.15, 0.2) is 0 Å². The molecule has 2 unspecified atom stereocenters. The van der Waals surface area contributed by atoms with Crippen molar-refractivity contribution in [3.05, 3.63) is 29.3 Å². The molecule has 1 aromatic carbocycles. The molecule has 2 N–H and O–H groups in total. The molecule has 2 atom stereocenters. The lowest BCUT2D eigenvalue weighted by molar-refractivity contribution is 0.0137. The Morgan fingerprint density at radius 1 is 1.42 bits per heavy atom. The van der Waals surface area contributed by atoms with Gasteiger partial charge in [0.2, 0.25) is 0 Å². The van der Waals surface area contributed by atoms with Crippen LogP contribution in [0.1, 0.15) is 35.7 Å². The van der Waals surface area contributed by atoms with Crippen LogP contribution in [0.5, 0.6) is 0 Å². The second kappa shape index (κ2) is 6.06. The third-order valence-electron chi connectivity index (χ3n) is 3.51. The van der Waals surface area contributed by atoms with Crippen LogP contribution >= 0.6 is 0 Å². The predicted molar refractivity (Wildman–Crippen MR) is 76.6 cm³/mol. The van der Waals surface area contributed by atoms with Crippen molar-refractivity contribution < 1.29 is 9.53 Å². The molecule has 1 aliphatic heterocycles. The Morgan fingerprint density at radius 3 is 2.89 bits per heavy atom. The molecule has 0 bridgehead atoms. The molecule has 1 amide bonds. The molecule has 4 heteroatoms. The number of hydrogen-bond acceptors (Lipinski definition) is 3. The molecule has 1 aromatic rings. The number of anilines is 1. The van der Waals surface area contributed by atoms with E-state index in [-0.39, 0.29) is 18.1 Å². The maximum Gasteiger partial charge on any atom is 0.253 e. The monoisotopic (exact) mass is 262 g/mol. The average Bonchev–Trinajstić information content (AvgIpc) is 2.38. The van der Waals surface area contributed by atoms with E-state index in [2.05, 4.69) is 10.6 Å². The van der Waals surface area contributed by atoms with Crippen LogP contribution in [-0.4, -0.2) is 31.7 Å². The number of aryl methyl sites for hydroxylation is 1. The van der Waals surface area contributed by atoms with E-state index in [1.165, 1.54) is 0 Å². The lowest BCUT2D eigenvalue weighted by atomic mass is 10.0. The van der Waals surface area contributed by atoms with Crippen LogP contribution in [-0.2, 0) is 4.74 Å². The first kappa shape index (κ1) is 13.9. The molecule has 0 saturated carbocycles. The Balaban J connectivity index is 2.07. The van der Waals surface area contributed by atoms with E-state index in [1.54, 1.807) is 0 Å². The summed E-state index contributed by atoms with van der Waals surface area (Å²) in [7, 11) is 1.84. The fourth-order valence-corrected chi connectivity index (χ4v) is 2.46. The normalized spacial score (nSPS) is 22.9. The van der Waals surface area contributed by atoms with Gasteiger partial charge < -0.3 is 15.4 Å². The number of nitrogens with one attached hydrogen (secondary N) is 2. The standard InChI is InChI=1S/C15H22N2O2/c1-10-4-5-13(14(8-10)16-3)15(18)17-12-6-7-19-11(2)9-12/h4-5,8,11-12,16H,6-7,9H2,1-3H3,(H,17,18). The quantitative estimate of drug-likeness (QED) is 0.879. The van der Waals surface area contributed by atoms with Crippen LogP contribution in [0.25, 0.3) is 0 Å². The fraction of sp³-hybridized carbons (Fsp3) is 0.533. The van der Waals surface area contributed by atoms with Gasteiger partial charge in [-0.05, 0) is 44.4 Å². The topological polar surface area (TPSA) is 50.4 Å². The van der Waals surface area contributed by atoms with E-state index in [9.17, 15) is 4.79 Å².